The predicted octanol–water partition coefficient (Wildman–Crippen LogP) is 12.3. The van der Waals surface area contributed by atoms with Crippen molar-refractivity contribution >= 4 is 80.4 Å². The number of thiophene rings is 1. The molecule has 0 aliphatic heterocycles. The Balaban J connectivity index is 1.56. The van der Waals surface area contributed by atoms with Gasteiger partial charge in [-0.2, -0.15) is 0 Å². The molecule has 0 bridgehead atoms. The van der Waals surface area contributed by atoms with Gasteiger partial charge in [-0.1, -0.05) is 109 Å². The van der Waals surface area contributed by atoms with E-state index < -0.39 is 0 Å². The van der Waals surface area contributed by atoms with E-state index in [0.717, 1.165) is 0 Å². The fourth-order valence-electron chi connectivity index (χ4n) is 7.42. The minimum absolute atomic E-state index is 1.23. The largest absolute Gasteiger partial charge is 0.308 e. The molecular formula is C42H25NS. The summed E-state index contributed by atoms with van der Waals surface area (Å²) in [6.45, 7) is 0. The molecule has 0 saturated carbocycles. The first kappa shape index (κ1) is 24.0. The maximum Gasteiger partial charge on any atom is 0.0620 e. The molecule has 0 radical (unpaired) electrons. The van der Waals surface area contributed by atoms with Crippen molar-refractivity contribution in [2.24, 2.45) is 0 Å². The van der Waals surface area contributed by atoms with Crippen LogP contribution in [0.2, 0.25) is 0 Å². The van der Waals surface area contributed by atoms with Crippen LogP contribution >= 0.6 is 11.3 Å². The molecule has 3 heterocycles. The van der Waals surface area contributed by atoms with Crippen molar-refractivity contribution in [3.63, 3.8) is 0 Å². The fraction of sp³-hybridized carbons (Fsp3) is 0. The van der Waals surface area contributed by atoms with Crippen LogP contribution in [-0.2, 0) is 0 Å². The number of benzene rings is 7. The summed E-state index contributed by atoms with van der Waals surface area (Å²) >= 11 is 1.89. The maximum absolute atomic E-state index is 2.55. The Hall–Kier alpha value is -5.44. The first-order valence-corrected chi connectivity index (χ1v) is 15.9. The molecule has 7 aromatic carbocycles. The lowest BCUT2D eigenvalue weighted by atomic mass is 9.96. The summed E-state index contributed by atoms with van der Waals surface area (Å²) < 4.78 is 5.20. The second-order valence-corrected chi connectivity index (χ2v) is 12.8. The summed E-state index contributed by atoms with van der Waals surface area (Å²) in [5.41, 5.74) is 8.67. The van der Waals surface area contributed by atoms with Crippen molar-refractivity contribution in [3.8, 4) is 22.3 Å². The Kier molecular flexibility index (Phi) is 4.94. The molecule has 10 aromatic rings. The Morgan fingerprint density at radius 1 is 0.341 bits per heavy atom. The third-order valence-electron chi connectivity index (χ3n) is 9.32. The number of aromatic nitrogens is 1. The van der Waals surface area contributed by atoms with Gasteiger partial charge in [0.05, 0.1) is 16.6 Å². The van der Waals surface area contributed by atoms with Gasteiger partial charge in [0.1, 0.15) is 0 Å². The van der Waals surface area contributed by atoms with Crippen LogP contribution in [0.25, 0.3) is 91.3 Å². The van der Waals surface area contributed by atoms with Crippen molar-refractivity contribution in [1.29, 1.82) is 0 Å². The van der Waals surface area contributed by atoms with Crippen LogP contribution in [0.3, 0.4) is 0 Å². The Morgan fingerprint density at radius 3 is 1.66 bits per heavy atom. The van der Waals surface area contributed by atoms with E-state index in [4.69, 9.17) is 0 Å². The van der Waals surface area contributed by atoms with Crippen LogP contribution in [0.15, 0.2) is 152 Å². The summed E-state index contributed by atoms with van der Waals surface area (Å²) in [6.07, 6.45) is 0. The number of fused-ring (bicyclic) bond motifs is 7. The zero-order valence-electron chi connectivity index (χ0n) is 23.8. The van der Waals surface area contributed by atoms with Gasteiger partial charge >= 0.3 is 0 Å². The van der Waals surface area contributed by atoms with Gasteiger partial charge in [-0.05, 0) is 80.9 Å². The van der Waals surface area contributed by atoms with Crippen LogP contribution in [0, 0.1) is 0 Å². The molecule has 0 aliphatic carbocycles. The Morgan fingerprint density at radius 2 is 0.909 bits per heavy atom. The van der Waals surface area contributed by atoms with E-state index >= 15 is 0 Å². The number of hydrogen-bond donors (Lipinski definition) is 0. The number of hydrogen-bond acceptors (Lipinski definition) is 1. The van der Waals surface area contributed by atoms with Gasteiger partial charge < -0.3 is 4.40 Å². The highest BCUT2D eigenvalue weighted by Crippen LogP contribution is 2.45. The molecule has 204 valence electrons. The monoisotopic (exact) mass is 575 g/mol. The van der Waals surface area contributed by atoms with Crippen LogP contribution in [0.4, 0.5) is 0 Å². The molecule has 0 aliphatic rings. The van der Waals surface area contributed by atoms with Gasteiger partial charge in [0.15, 0.2) is 0 Å². The second-order valence-electron chi connectivity index (χ2n) is 11.7. The zero-order chi connectivity index (χ0) is 28.8. The van der Waals surface area contributed by atoms with Crippen LogP contribution in [0.5, 0.6) is 0 Å². The molecule has 0 amide bonds. The molecule has 3 aromatic heterocycles. The van der Waals surface area contributed by atoms with E-state index in [1.54, 1.807) is 0 Å². The highest BCUT2D eigenvalue weighted by molar-refractivity contribution is 7.26. The van der Waals surface area contributed by atoms with Crippen LogP contribution < -0.4 is 0 Å². The summed E-state index contributed by atoms with van der Waals surface area (Å²) in [4.78, 5) is 0. The number of rotatable bonds is 2. The molecule has 2 heteroatoms. The smallest absolute Gasteiger partial charge is 0.0620 e. The standard InChI is InChI=1S/C42H25NS/c1-3-11-26(12-4-1)28-21-22-36-33(23-28)35-25-29(27-13-5-2-6-14-27)24-34-31-16-8-7-15-30(31)32-17-9-19-38-40(32)41-37(43(36)42(34)35)18-10-20-39(41)44-38/h1-25H. The molecular weight excluding hydrogens is 551 g/mol. The van der Waals surface area contributed by atoms with Gasteiger partial charge in [-0.15, -0.1) is 11.3 Å². The van der Waals surface area contributed by atoms with E-state index in [2.05, 4.69) is 156 Å². The highest BCUT2D eigenvalue weighted by atomic mass is 32.1. The van der Waals surface area contributed by atoms with Crippen molar-refractivity contribution in [3.05, 3.63) is 152 Å². The highest BCUT2D eigenvalue weighted by Gasteiger charge is 2.19. The van der Waals surface area contributed by atoms with Gasteiger partial charge in [0.2, 0.25) is 0 Å². The molecule has 0 spiro atoms. The Labute approximate surface area is 257 Å². The predicted molar refractivity (Wildman–Crippen MR) is 191 cm³/mol. The SMILES string of the molecule is c1ccc(-c2ccc3c(c2)c2cc(-c4ccccc4)cc4c5ccccc5c5cccc6sc7cccc(c7c65)n3c42)cc1. The Bertz CT molecular complexity index is 2750. The van der Waals surface area contributed by atoms with Crippen molar-refractivity contribution in [2.75, 3.05) is 0 Å². The molecule has 10 rings (SSSR count). The average molecular weight is 576 g/mol. The fourth-order valence-corrected chi connectivity index (χ4v) is 8.58. The average Bonchev–Trinajstić information content (AvgIpc) is 3.65. The van der Waals surface area contributed by atoms with Gasteiger partial charge in [-0.3, -0.25) is 0 Å². The molecule has 0 unspecified atom stereocenters. The van der Waals surface area contributed by atoms with E-state index in [1.807, 2.05) is 11.3 Å². The maximum atomic E-state index is 2.55. The normalized spacial score (nSPS) is 12.1. The lowest BCUT2D eigenvalue weighted by Gasteiger charge is -2.08. The van der Waals surface area contributed by atoms with E-state index in [-0.39, 0.29) is 0 Å². The summed E-state index contributed by atoms with van der Waals surface area (Å²) in [5, 5.41) is 10.3. The molecule has 0 saturated heterocycles. The number of nitrogens with zero attached hydrogens (tertiary/aromatic N) is 1. The first-order valence-electron chi connectivity index (χ1n) is 15.1. The lowest BCUT2D eigenvalue weighted by Crippen LogP contribution is -1.87. The van der Waals surface area contributed by atoms with Gasteiger partial charge in [0.25, 0.3) is 0 Å². The molecule has 1 nitrogen and oxygen atoms in total. The lowest BCUT2D eigenvalue weighted by molar-refractivity contribution is 1.36. The van der Waals surface area contributed by atoms with Gasteiger partial charge in [-0.25, -0.2) is 0 Å². The third-order valence-corrected chi connectivity index (χ3v) is 10.4. The summed E-state index contributed by atoms with van der Waals surface area (Å²) in [5.74, 6) is 0. The summed E-state index contributed by atoms with van der Waals surface area (Å²) in [6, 6.07) is 56.1. The van der Waals surface area contributed by atoms with Crippen molar-refractivity contribution in [2.45, 2.75) is 0 Å². The first-order chi connectivity index (χ1) is 21.8. The topological polar surface area (TPSA) is 4.41 Å². The summed E-state index contributed by atoms with van der Waals surface area (Å²) in [7, 11) is 0. The van der Waals surface area contributed by atoms with Crippen molar-refractivity contribution < 1.29 is 0 Å². The van der Waals surface area contributed by atoms with E-state index in [9.17, 15) is 0 Å². The van der Waals surface area contributed by atoms with Crippen LogP contribution in [-0.4, -0.2) is 4.40 Å². The molecule has 44 heavy (non-hydrogen) atoms. The van der Waals surface area contributed by atoms with Gasteiger partial charge in [0, 0.05) is 36.3 Å². The minimum atomic E-state index is 1.23. The minimum Gasteiger partial charge on any atom is -0.308 e. The quantitative estimate of drug-likeness (QED) is 0.193. The molecule has 0 fully saturated rings. The molecule has 0 N–H and O–H groups in total. The second kappa shape index (κ2) is 9.03. The van der Waals surface area contributed by atoms with E-state index in [0.29, 0.717) is 0 Å². The third kappa shape index (κ3) is 3.29. The van der Waals surface area contributed by atoms with Crippen molar-refractivity contribution in [1.82, 2.24) is 4.40 Å². The zero-order valence-corrected chi connectivity index (χ0v) is 24.6. The van der Waals surface area contributed by atoms with E-state index in [1.165, 1.54) is 91.3 Å². The molecule has 0 atom stereocenters. The van der Waals surface area contributed by atoms with Crippen LogP contribution in [0.1, 0.15) is 0 Å².